The molecule has 1 aromatic rings. The van der Waals surface area contributed by atoms with E-state index in [1.54, 1.807) is 0 Å². The van der Waals surface area contributed by atoms with Crippen LogP contribution in [0.25, 0.3) is 0 Å². The van der Waals surface area contributed by atoms with Gasteiger partial charge in [0, 0.05) is 11.1 Å². The average molecular weight is 280 g/mol. The molecule has 7 heteroatoms. The second-order valence-electron chi connectivity index (χ2n) is 4.42. The average Bonchev–Trinajstić information content (AvgIpc) is 2.33. The monoisotopic (exact) mass is 279 g/mol. The van der Waals surface area contributed by atoms with Gasteiger partial charge in [0.15, 0.2) is 0 Å². The summed E-state index contributed by atoms with van der Waals surface area (Å²) in [5.74, 6) is -0.643. The quantitative estimate of drug-likeness (QED) is 0.679. The number of hydrogen-bond acceptors (Lipinski definition) is 4. The van der Waals surface area contributed by atoms with Crippen molar-refractivity contribution in [1.29, 1.82) is 5.26 Å². The first kappa shape index (κ1) is 13.3. The summed E-state index contributed by atoms with van der Waals surface area (Å²) in [7, 11) is 0. The Balaban J connectivity index is 2.31. The summed E-state index contributed by atoms with van der Waals surface area (Å²) in [5, 5.41) is 22.7. The molecular formula is C12H10ClN3O3. The van der Waals surface area contributed by atoms with E-state index >= 15 is 0 Å². The SMILES string of the molecule is N#CC1(NC(=O)c2cc(Cl)ccc2[N+](=O)[O-])CCC1. The summed E-state index contributed by atoms with van der Waals surface area (Å²) in [6.45, 7) is 0. The van der Waals surface area contributed by atoms with Crippen LogP contribution in [0.15, 0.2) is 18.2 Å². The van der Waals surface area contributed by atoms with Crippen molar-refractivity contribution in [3.63, 3.8) is 0 Å². The van der Waals surface area contributed by atoms with E-state index in [0.717, 1.165) is 6.42 Å². The van der Waals surface area contributed by atoms with Crippen LogP contribution in [-0.4, -0.2) is 16.4 Å². The summed E-state index contributed by atoms with van der Waals surface area (Å²) < 4.78 is 0. The summed E-state index contributed by atoms with van der Waals surface area (Å²) >= 11 is 5.75. The molecule has 0 saturated heterocycles. The first-order chi connectivity index (χ1) is 8.97. The number of carbonyl (C=O) groups is 1. The molecule has 1 fully saturated rings. The number of benzene rings is 1. The maximum atomic E-state index is 12.1. The Bertz CT molecular complexity index is 590. The van der Waals surface area contributed by atoms with E-state index in [1.807, 2.05) is 6.07 Å². The Morgan fingerprint density at radius 2 is 2.21 bits per heavy atom. The lowest BCUT2D eigenvalue weighted by Gasteiger charge is -2.35. The van der Waals surface area contributed by atoms with Crippen LogP contribution in [0.1, 0.15) is 29.6 Å². The summed E-state index contributed by atoms with van der Waals surface area (Å²) in [6.07, 6.45) is 1.97. The Hall–Kier alpha value is -2.13. The van der Waals surface area contributed by atoms with Crippen LogP contribution in [0.2, 0.25) is 5.02 Å². The van der Waals surface area contributed by atoms with Crippen molar-refractivity contribution in [2.45, 2.75) is 24.8 Å². The summed E-state index contributed by atoms with van der Waals surface area (Å²) in [6, 6.07) is 5.80. The van der Waals surface area contributed by atoms with E-state index in [4.69, 9.17) is 16.9 Å². The number of nitrogens with one attached hydrogen (secondary N) is 1. The van der Waals surface area contributed by atoms with Crippen LogP contribution in [0, 0.1) is 21.4 Å². The standard InChI is InChI=1S/C12H10ClN3O3/c13-8-2-3-10(16(18)19)9(6-8)11(17)15-12(7-14)4-1-5-12/h2-3,6H,1,4-5H2,(H,15,17). The van der Waals surface area contributed by atoms with Crippen molar-refractivity contribution in [2.24, 2.45) is 0 Å². The molecule has 0 radical (unpaired) electrons. The second kappa shape index (κ2) is 4.86. The fraction of sp³-hybridized carbons (Fsp3) is 0.333. The number of nitriles is 1. The molecular weight excluding hydrogens is 270 g/mol. The van der Waals surface area contributed by atoms with Gasteiger partial charge >= 0.3 is 0 Å². The first-order valence-corrected chi connectivity index (χ1v) is 6.03. The van der Waals surface area contributed by atoms with Crippen LogP contribution >= 0.6 is 11.6 Å². The topological polar surface area (TPSA) is 96.0 Å². The maximum absolute atomic E-state index is 12.1. The van der Waals surface area contributed by atoms with Crippen molar-refractivity contribution in [2.75, 3.05) is 0 Å². The lowest BCUT2D eigenvalue weighted by molar-refractivity contribution is -0.385. The lowest BCUT2D eigenvalue weighted by atomic mass is 9.78. The molecule has 98 valence electrons. The molecule has 1 N–H and O–H groups in total. The zero-order valence-electron chi connectivity index (χ0n) is 9.85. The predicted octanol–water partition coefficient (Wildman–Crippen LogP) is 2.42. The minimum Gasteiger partial charge on any atom is -0.333 e. The van der Waals surface area contributed by atoms with Gasteiger partial charge in [0.1, 0.15) is 11.1 Å². The van der Waals surface area contributed by atoms with Gasteiger partial charge in [-0.2, -0.15) is 5.26 Å². The zero-order chi connectivity index (χ0) is 14.0. The van der Waals surface area contributed by atoms with E-state index in [1.165, 1.54) is 18.2 Å². The van der Waals surface area contributed by atoms with Gasteiger partial charge in [0.05, 0.1) is 11.0 Å². The van der Waals surface area contributed by atoms with Crippen LogP contribution in [0.3, 0.4) is 0 Å². The molecule has 0 aromatic heterocycles. The minimum absolute atomic E-state index is 0.126. The molecule has 0 spiro atoms. The number of nitro benzene ring substituents is 1. The molecule has 1 aliphatic carbocycles. The molecule has 0 unspecified atom stereocenters. The van der Waals surface area contributed by atoms with Crippen molar-refractivity contribution >= 4 is 23.2 Å². The maximum Gasteiger partial charge on any atom is 0.282 e. The van der Waals surface area contributed by atoms with Crippen molar-refractivity contribution in [3.05, 3.63) is 38.9 Å². The van der Waals surface area contributed by atoms with Gasteiger partial charge in [0.25, 0.3) is 11.6 Å². The normalized spacial score (nSPS) is 16.0. The number of amides is 1. The highest BCUT2D eigenvalue weighted by Gasteiger charge is 2.39. The Morgan fingerprint density at radius 1 is 1.53 bits per heavy atom. The molecule has 0 atom stereocenters. The van der Waals surface area contributed by atoms with Gasteiger partial charge in [-0.05, 0) is 31.4 Å². The van der Waals surface area contributed by atoms with Crippen molar-refractivity contribution in [1.82, 2.24) is 5.32 Å². The minimum atomic E-state index is -0.896. The van der Waals surface area contributed by atoms with Gasteiger partial charge < -0.3 is 5.32 Å². The molecule has 0 bridgehead atoms. The van der Waals surface area contributed by atoms with Crippen LogP contribution in [0.4, 0.5) is 5.69 Å². The highest BCUT2D eigenvalue weighted by molar-refractivity contribution is 6.31. The molecule has 1 amide bonds. The number of hydrogen-bond donors (Lipinski definition) is 1. The third-order valence-electron chi connectivity index (χ3n) is 3.17. The molecule has 1 aliphatic rings. The fourth-order valence-electron chi connectivity index (χ4n) is 1.93. The highest BCUT2D eigenvalue weighted by Crippen LogP contribution is 2.32. The third-order valence-corrected chi connectivity index (χ3v) is 3.41. The second-order valence-corrected chi connectivity index (χ2v) is 4.86. The van der Waals surface area contributed by atoms with Crippen molar-refractivity contribution < 1.29 is 9.72 Å². The van der Waals surface area contributed by atoms with Crippen LogP contribution in [0.5, 0.6) is 0 Å². The van der Waals surface area contributed by atoms with Gasteiger partial charge in [-0.15, -0.1) is 0 Å². The Labute approximate surface area is 114 Å². The molecule has 1 aromatic carbocycles. The van der Waals surface area contributed by atoms with Crippen molar-refractivity contribution in [3.8, 4) is 6.07 Å². The number of nitro groups is 1. The third kappa shape index (κ3) is 2.51. The Morgan fingerprint density at radius 3 is 2.68 bits per heavy atom. The van der Waals surface area contributed by atoms with E-state index in [9.17, 15) is 14.9 Å². The molecule has 1 saturated carbocycles. The summed E-state index contributed by atoms with van der Waals surface area (Å²) in [5.41, 5.74) is -1.35. The van der Waals surface area contributed by atoms with E-state index in [0.29, 0.717) is 12.8 Å². The van der Waals surface area contributed by atoms with E-state index in [-0.39, 0.29) is 16.3 Å². The molecule has 6 nitrogen and oxygen atoms in total. The largest absolute Gasteiger partial charge is 0.333 e. The smallest absolute Gasteiger partial charge is 0.282 e. The van der Waals surface area contributed by atoms with E-state index in [2.05, 4.69) is 5.32 Å². The van der Waals surface area contributed by atoms with Gasteiger partial charge in [-0.1, -0.05) is 11.6 Å². The molecule has 19 heavy (non-hydrogen) atoms. The highest BCUT2D eigenvalue weighted by atomic mass is 35.5. The fourth-order valence-corrected chi connectivity index (χ4v) is 2.10. The summed E-state index contributed by atoms with van der Waals surface area (Å²) in [4.78, 5) is 22.3. The first-order valence-electron chi connectivity index (χ1n) is 5.65. The van der Waals surface area contributed by atoms with Crippen LogP contribution < -0.4 is 5.32 Å². The predicted molar refractivity (Wildman–Crippen MR) is 67.8 cm³/mol. The number of rotatable bonds is 3. The molecule has 0 heterocycles. The van der Waals surface area contributed by atoms with Crippen LogP contribution in [-0.2, 0) is 0 Å². The zero-order valence-corrected chi connectivity index (χ0v) is 10.6. The van der Waals surface area contributed by atoms with Gasteiger partial charge in [-0.25, -0.2) is 0 Å². The number of nitrogens with zero attached hydrogens (tertiary/aromatic N) is 2. The van der Waals surface area contributed by atoms with Gasteiger partial charge in [0.2, 0.25) is 0 Å². The molecule has 0 aliphatic heterocycles. The molecule has 2 rings (SSSR count). The Kier molecular flexibility index (Phi) is 3.40. The van der Waals surface area contributed by atoms with Gasteiger partial charge in [-0.3, -0.25) is 14.9 Å². The number of halogens is 1. The van der Waals surface area contributed by atoms with E-state index < -0.39 is 16.4 Å². The lowest BCUT2D eigenvalue weighted by Crippen LogP contribution is -2.52. The number of carbonyl (C=O) groups excluding carboxylic acids is 1.